The topological polar surface area (TPSA) is 91.8 Å². The van der Waals surface area contributed by atoms with Crippen molar-refractivity contribution in [1.29, 1.82) is 0 Å². The van der Waals surface area contributed by atoms with E-state index in [2.05, 4.69) is 27.3 Å². The number of nitrogens with zero attached hydrogens (tertiary/aromatic N) is 1. The summed E-state index contributed by atoms with van der Waals surface area (Å²) in [6.07, 6.45) is 3.26. The molecule has 0 bridgehead atoms. The third-order valence-electron chi connectivity index (χ3n) is 3.31. The summed E-state index contributed by atoms with van der Waals surface area (Å²) < 4.78 is 30.9. The van der Waals surface area contributed by atoms with E-state index in [1.807, 2.05) is 13.8 Å². The minimum Gasteiger partial charge on any atom is -0.373 e. The van der Waals surface area contributed by atoms with Gasteiger partial charge in [0.15, 0.2) is 5.96 Å². The maximum atomic E-state index is 11.3. The molecule has 7 nitrogen and oxygen atoms in total. The van der Waals surface area contributed by atoms with E-state index in [0.29, 0.717) is 19.0 Å². The molecule has 3 N–H and O–H groups in total. The smallest absolute Gasteiger partial charge is 0.209 e. The lowest BCUT2D eigenvalue weighted by Gasteiger charge is -2.28. The standard InChI is InChI=1S/C13H28N4O3S.HI/c1-12(2,17-21(5,18)19)9-15-11(14-4)16-10-13(3)7-6-8-20-13;/h17H,6-10H2,1-5H3,(H2,14,15,16);1H. The quantitative estimate of drug-likeness (QED) is 0.316. The second kappa shape index (κ2) is 8.65. The van der Waals surface area contributed by atoms with Gasteiger partial charge >= 0.3 is 0 Å². The van der Waals surface area contributed by atoms with Crippen LogP contribution in [0.15, 0.2) is 4.99 Å². The molecular weight excluding hydrogens is 419 g/mol. The molecule has 0 aromatic heterocycles. The Hall–Kier alpha value is -0.130. The summed E-state index contributed by atoms with van der Waals surface area (Å²) in [5, 5.41) is 6.35. The molecule has 1 saturated heterocycles. The van der Waals surface area contributed by atoms with Gasteiger partial charge in [0.1, 0.15) is 0 Å². The average Bonchev–Trinajstić information content (AvgIpc) is 2.73. The predicted molar refractivity (Wildman–Crippen MR) is 100 cm³/mol. The number of ether oxygens (including phenoxy) is 1. The molecule has 1 atom stereocenters. The van der Waals surface area contributed by atoms with Crippen LogP contribution in [-0.2, 0) is 14.8 Å². The summed E-state index contributed by atoms with van der Waals surface area (Å²) in [7, 11) is -1.56. The molecule has 1 aliphatic rings. The molecule has 1 unspecified atom stereocenters. The molecule has 22 heavy (non-hydrogen) atoms. The van der Waals surface area contributed by atoms with Gasteiger partial charge in [0.2, 0.25) is 10.0 Å². The van der Waals surface area contributed by atoms with Crippen LogP contribution in [-0.4, -0.2) is 58.5 Å². The van der Waals surface area contributed by atoms with E-state index < -0.39 is 15.6 Å². The number of halogens is 1. The number of hydrogen-bond acceptors (Lipinski definition) is 4. The van der Waals surface area contributed by atoms with Gasteiger partial charge in [-0.2, -0.15) is 0 Å². The van der Waals surface area contributed by atoms with Gasteiger partial charge in [-0.1, -0.05) is 0 Å². The van der Waals surface area contributed by atoms with Crippen molar-refractivity contribution in [3.8, 4) is 0 Å². The number of sulfonamides is 1. The van der Waals surface area contributed by atoms with E-state index in [4.69, 9.17) is 4.74 Å². The Morgan fingerprint density at radius 3 is 2.45 bits per heavy atom. The van der Waals surface area contributed by atoms with Crippen molar-refractivity contribution >= 4 is 40.0 Å². The second-order valence-corrected chi connectivity index (χ2v) is 8.19. The Morgan fingerprint density at radius 2 is 2.00 bits per heavy atom. The van der Waals surface area contributed by atoms with E-state index in [0.717, 1.165) is 25.7 Å². The summed E-state index contributed by atoms with van der Waals surface area (Å²) in [5.41, 5.74) is -0.753. The van der Waals surface area contributed by atoms with Crippen LogP contribution in [0, 0.1) is 0 Å². The molecule has 9 heteroatoms. The number of rotatable bonds is 6. The molecule has 0 aliphatic carbocycles. The first-order valence-electron chi connectivity index (χ1n) is 7.13. The normalized spacial score (nSPS) is 23.0. The van der Waals surface area contributed by atoms with Crippen molar-refractivity contribution in [3.63, 3.8) is 0 Å². The molecule has 0 spiro atoms. The first kappa shape index (κ1) is 21.9. The molecule has 0 radical (unpaired) electrons. The van der Waals surface area contributed by atoms with Gasteiger partial charge in [0.25, 0.3) is 0 Å². The van der Waals surface area contributed by atoms with Crippen molar-refractivity contribution in [2.75, 3.05) is 33.0 Å². The van der Waals surface area contributed by atoms with Gasteiger partial charge in [0.05, 0.1) is 11.9 Å². The van der Waals surface area contributed by atoms with Crippen LogP contribution in [0.5, 0.6) is 0 Å². The van der Waals surface area contributed by atoms with Crippen LogP contribution in [0.25, 0.3) is 0 Å². The Kier molecular flexibility index (Phi) is 8.60. The van der Waals surface area contributed by atoms with Gasteiger partial charge in [0, 0.05) is 32.3 Å². The average molecular weight is 448 g/mol. The van der Waals surface area contributed by atoms with E-state index in [1.54, 1.807) is 7.05 Å². The summed E-state index contributed by atoms with van der Waals surface area (Å²) in [5.74, 6) is 0.634. The van der Waals surface area contributed by atoms with Crippen LogP contribution in [0.1, 0.15) is 33.6 Å². The van der Waals surface area contributed by atoms with Crippen molar-refractivity contribution in [3.05, 3.63) is 0 Å². The van der Waals surface area contributed by atoms with Gasteiger partial charge in [-0.25, -0.2) is 13.1 Å². The molecule has 0 aromatic rings. The molecule has 132 valence electrons. The van der Waals surface area contributed by atoms with Gasteiger partial charge in [-0.05, 0) is 33.6 Å². The molecule has 1 rings (SSSR count). The van der Waals surface area contributed by atoms with E-state index in [1.165, 1.54) is 0 Å². The number of aliphatic imine (C=N–C) groups is 1. The SMILES string of the molecule is CN=C(NCC(C)(C)NS(C)(=O)=O)NCC1(C)CCCO1.I. The summed E-state index contributed by atoms with van der Waals surface area (Å²) in [6, 6.07) is 0. The number of nitrogens with one attached hydrogen (secondary N) is 3. The predicted octanol–water partition coefficient (Wildman–Crippen LogP) is 0.666. The maximum Gasteiger partial charge on any atom is 0.209 e. The Balaban J connectivity index is 0.00000441. The van der Waals surface area contributed by atoms with Gasteiger partial charge in [-0.3, -0.25) is 4.99 Å². The highest BCUT2D eigenvalue weighted by atomic mass is 127. The van der Waals surface area contributed by atoms with Crippen molar-refractivity contribution < 1.29 is 13.2 Å². The van der Waals surface area contributed by atoms with E-state index >= 15 is 0 Å². The van der Waals surface area contributed by atoms with Crippen molar-refractivity contribution in [2.24, 2.45) is 4.99 Å². The minimum atomic E-state index is -3.24. The fraction of sp³-hybridized carbons (Fsp3) is 0.923. The third kappa shape index (κ3) is 8.49. The largest absolute Gasteiger partial charge is 0.373 e. The maximum absolute atomic E-state index is 11.3. The lowest BCUT2D eigenvalue weighted by atomic mass is 10.0. The van der Waals surface area contributed by atoms with E-state index in [-0.39, 0.29) is 29.6 Å². The zero-order valence-electron chi connectivity index (χ0n) is 14.0. The molecule has 0 saturated carbocycles. The first-order chi connectivity index (χ1) is 9.55. The molecule has 1 aliphatic heterocycles. The first-order valence-corrected chi connectivity index (χ1v) is 9.02. The zero-order chi connectivity index (χ0) is 16.1. The molecule has 0 aromatic carbocycles. The fourth-order valence-corrected chi connectivity index (χ4v) is 3.39. The fourth-order valence-electron chi connectivity index (χ4n) is 2.31. The number of guanidine groups is 1. The third-order valence-corrected chi connectivity index (χ3v) is 4.24. The lowest BCUT2D eigenvalue weighted by molar-refractivity contribution is 0.0243. The molecule has 0 amide bonds. The van der Waals surface area contributed by atoms with Crippen LogP contribution in [0.3, 0.4) is 0 Å². The van der Waals surface area contributed by atoms with Crippen LogP contribution in [0.2, 0.25) is 0 Å². The highest BCUT2D eigenvalue weighted by molar-refractivity contribution is 14.0. The van der Waals surface area contributed by atoms with Gasteiger partial charge < -0.3 is 15.4 Å². The molecule has 1 fully saturated rings. The second-order valence-electron chi connectivity index (χ2n) is 6.44. The van der Waals surface area contributed by atoms with E-state index in [9.17, 15) is 8.42 Å². The summed E-state index contributed by atoms with van der Waals surface area (Å²) >= 11 is 0. The molecule has 1 heterocycles. The minimum absolute atomic E-state index is 0. The Labute approximate surface area is 151 Å². The zero-order valence-corrected chi connectivity index (χ0v) is 17.2. The van der Waals surface area contributed by atoms with Crippen LogP contribution < -0.4 is 15.4 Å². The Morgan fingerprint density at radius 1 is 1.36 bits per heavy atom. The van der Waals surface area contributed by atoms with Crippen LogP contribution in [0.4, 0.5) is 0 Å². The monoisotopic (exact) mass is 448 g/mol. The highest BCUT2D eigenvalue weighted by Crippen LogP contribution is 2.23. The molecular formula is C13H29IN4O3S. The van der Waals surface area contributed by atoms with Gasteiger partial charge in [-0.15, -0.1) is 24.0 Å². The van der Waals surface area contributed by atoms with Crippen LogP contribution >= 0.6 is 24.0 Å². The van der Waals surface area contributed by atoms with Crippen molar-refractivity contribution in [1.82, 2.24) is 15.4 Å². The lowest BCUT2D eigenvalue weighted by Crippen LogP contribution is -2.54. The number of hydrogen-bond donors (Lipinski definition) is 3. The van der Waals surface area contributed by atoms with Crippen molar-refractivity contribution in [2.45, 2.75) is 44.8 Å². The summed E-state index contributed by atoms with van der Waals surface area (Å²) in [4.78, 5) is 4.14. The summed E-state index contributed by atoms with van der Waals surface area (Å²) in [6.45, 7) is 7.61. The highest BCUT2D eigenvalue weighted by Gasteiger charge is 2.30. The Bertz CT molecular complexity index is 474.